The molecule has 0 spiro atoms. The monoisotopic (exact) mass is 640 g/mol. The maximum atomic E-state index is 6.68. The zero-order valence-electron chi connectivity index (χ0n) is 26.9. The molecule has 8 aromatic carbocycles. The summed E-state index contributed by atoms with van der Waals surface area (Å²) >= 11 is 0. The molecule has 0 aliphatic rings. The van der Waals surface area contributed by atoms with Gasteiger partial charge in [0.15, 0.2) is 0 Å². The van der Waals surface area contributed by atoms with Crippen molar-refractivity contribution in [3.05, 3.63) is 170 Å². The van der Waals surface area contributed by atoms with Gasteiger partial charge >= 0.3 is 0 Å². The lowest BCUT2D eigenvalue weighted by atomic mass is 10.0. The summed E-state index contributed by atoms with van der Waals surface area (Å²) in [4.78, 5) is 2.37. The van der Waals surface area contributed by atoms with E-state index in [2.05, 4.69) is 167 Å². The van der Waals surface area contributed by atoms with Gasteiger partial charge in [0.25, 0.3) is 0 Å². The molecule has 11 aromatic rings. The number of benzene rings is 8. The molecular weight excluding hydrogens is 613 g/mol. The lowest BCUT2D eigenvalue weighted by molar-refractivity contribution is 0.669. The number of furan rings is 2. The van der Waals surface area contributed by atoms with Gasteiger partial charge in [0.1, 0.15) is 22.3 Å². The highest BCUT2D eigenvalue weighted by molar-refractivity contribution is 6.20. The van der Waals surface area contributed by atoms with E-state index < -0.39 is 0 Å². The van der Waals surface area contributed by atoms with E-state index in [1.165, 1.54) is 21.8 Å². The van der Waals surface area contributed by atoms with Gasteiger partial charge in [0.2, 0.25) is 0 Å². The summed E-state index contributed by atoms with van der Waals surface area (Å²) in [7, 11) is 0. The van der Waals surface area contributed by atoms with E-state index in [9.17, 15) is 0 Å². The first kappa shape index (κ1) is 27.2. The molecule has 0 aliphatic heterocycles. The Hall–Kier alpha value is -6.78. The first-order valence-electron chi connectivity index (χ1n) is 16.9. The lowest BCUT2D eigenvalue weighted by Gasteiger charge is -2.27. The topological polar surface area (TPSA) is 34.5 Å². The first-order valence-corrected chi connectivity index (χ1v) is 16.9. The zero-order valence-corrected chi connectivity index (χ0v) is 26.9. The van der Waals surface area contributed by atoms with Crippen LogP contribution < -0.4 is 4.90 Å². The second-order valence-corrected chi connectivity index (χ2v) is 12.9. The molecule has 0 fully saturated rings. The van der Waals surface area contributed by atoms with Gasteiger partial charge in [-0.3, -0.25) is 0 Å². The summed E-state index contributed by atoms with van der Waals surface area (Å²) < 4.78 is 15.3. The molecule has 0 saturated heterocycles. The fraction of sp³-hybridized carbons (Fsp3) is 0. The minimum atomic E-state index is 0.854. The Labute approximate surface area is 286 Å². The third-order valence-electron chi connectivity index (χ3n) is 10.2. The van der Waals surface area contributed by atoms with Crippen LogP contribution in [0.25, 0.3) is 82.1 Å². The van der Waals surface area contributed by atoms with Crippen molar-refractivity contribution in [2.45, 2.75) is 0 Å². The van der Waals surface area contributed by atoms with E-state index in [-0.39, 0.29) is 0 Å². The molecular formula is C46H28N2O2. The molecule has 0 N–H and O–H groups in total. The average molecular weight is 641 g/mol. The smallest absolute Gasteiger partial charge is 0.143 e. The minimum Gasteiger partial charge on any atom is -0.456 e. The number of anilines is 3. The second kappa shape index (κ2) is 10.4. The summed E-state index contributed by atoms with van der Waals surface area (Å²) in [6.07, 6.45) is 0. The maximum Gasteiger partial charge on any atom is 0.143 e. The average Bonchev–Trinajstić information content (AvgIpc) is 3.85. The van der Waals surface area contributed by atoms with Gasteiger partial charge in [-0.15, -0.1) is 0 Å². The van der Waals surface area contributed by atoms with Crippen molar-refractivity contribution >= 4 is 93.5 Å². The molecule has 0 atom stereocenters. The Morgan fingerprint density at radius 2 is 1.06 bits per heavy atom. The van der Waals surface area contributed by atoms with Gasteiger partial charge in [-0.25, -0.2) is 0 Å². The number of fused-ring (bicyclic) bond motifs is 11. The quantitative estimate of drug-likeness (QED) is 0.192. The number of hydrogen-bond acceptors (Lipinski definition) is 3. The molecule has 4 nitrogen and oxygen atoms in total. The minimum absolute atomic E-state index is 0.854. The number of para-hydroxylation sites is 3. The second-order valence-electron chi connectivity index (χ2n) is 12.9. The van der Waals surface area contributed by atoms with E-state index >= 15 is 0 Å². The van der Waals surface area contributed by atoms with Crippen LogP contribution in [0.5, 0.6) is 0 Å². The summed E-state index contributed by atoms with van der Waals surface area (Å²) in [5.74, 6) is 0. The lowest BCUT2D eigenvalue weighted by Crippen LogP contribution is -2.11. The number of nitrogens with zero attached hydrogens (tertiary/aromatic N) is 2. The molecule has 11 rings (SSSR count). The van der Waals surface area contributed by atoms with Crippen molar-refractivity contribution in [1.29, 1.82) is 0 Å². The van der Waals surface area contributed by atoms with E-state index in [4.69, 9.17) is 8.83 Å². The van der Waals surface area contributed by atoms with Crippen molar-refractivity contribution in [3.8, 4) is 5.69 Å². The Balaban J connectivity index is 1.21. The molecule has 0 unspecified atom stereocenters. The summed E-state index contributed by atoms with van der Waals surface area (Å²) in [5, 5.41) is 9.10. The van der Waals surface area contributed by atoms with E-state index in [1.54, 1.807) is 0 Å². The summed E-state index contributed by atoms with van der Waals surface area (Å²) in [6, 6.07) is 60.1. The number of hydrogen-bond donors (Lipinski definition) is 0. The van der Waals surface area contributed by atoms with Crippen LogP contribution >= 0.6 is 0 Å². The molecule has 0 radical (unpaired) electrons. The van der Waals surface area contributed by atoms with Crippen LogP contribution in [-0.2, 0) is 0 Å². The fourth-order valence-corrected chi connectivity index (χ4v) is 7.97. The van der Waals surface area contributed by atoms with Crippen molar-refractivity contribution in [2.75, 3.05) is 4.90 Å². The highest BCUT2D eigenvalue weighted by Crippen LogP contribution is 2.46. The van der Waals surface area contributed by atoms with Gasteiger partial charge in [0, 0.05) is 49.4 Å². The summed E-state index contributed by atoms with van der Waals surface area (Å²) in [6.45, 7) is 0. The molecule has 0 saturated carbocycles. The molecule has 0 aliphatic carbocycles. The van der Waals surface area contributed by atoms with Crippen molar-refractivity contribution < 1.29 is 8.83 Å². The molecule has 234 valence electrons. The van der Waals surface area contributed by atoms with Gasteiger partial charge in [-0.05, 0) is 78.2 Å². The van der Waals surface area contributed by atoms with Crippen LogP contribution in [0.2, 0.25) is 0 Å². The highest BCUT2D eigenvalue weighted by Gasteiger charge is 2.22. The Bertz CT molecular complexity index is 3070. The van der Waals surface area contributed by atoms with E-state index in [0.29, 0.717) is 0 Å². The van der Waals surface area contributed by atoms with Gasteiger partial charge < -0.3 is 18.3 Å². The normalized spacial score (nSPS) is 12.0. The molecule has 0 amide bonds. The van der Waals surface area contributed by atoms with Crippen LogP contribution in [0, 0.1) is 0 Å². The Kier molecular flexibility index (Phi) is 5.63. The maximum absolute atomic E-state index is 6.68. The van der Waals surface area contributed by atoms with E-state index in [0.717, 1.165) is 77.4 Å². The Morgan fingerprint density at radius 3 is 1.90 bits per heavy atom. The molecule has 3 heterocycles. The highest BCUT2D eigenvalue weighted by atomic mass is 16.3. The number of aromatic nitrogens is 1. The van der Waals surface area contributed by atoms with Crippen LogP contribution in [0.4, 0.5) is 17.1 Å². The summed E-state index contributed by atoms with van der Waals surface area (Å²) in [5.41, 5.74) is 10.1. The van der Waals surface area contributed by atoms with Crippen molar-refractivity contribution in [3.63, 3.8) is 0 Å². The third-order valence-corrected chi connectivity index (χ3v) is 10.2. The van der Waals surface area contributed by atoms with Gasteiger partial charge in [-0.2, -0.15) is 0 Å². The van der Waals surface area contributed by atoms with Crippen LogP contribution in [0.1, 0.15) is 0 Å². The Morgan fingerprint density at radius 1 is 0.400 bits per heavy atom. The SMILES string of the molecule is c1cc(N(c2ccc3oc4ccccc4c3c2)c2cccc3oc4c5ccccc5ccc4c23)cc(-n2c3ccccc3c3ccccc32)c1. The van der Waals surface area contributed by atoms with Crippen LogP contribution in [0.15, 0.2) is 179 Å². The predicted octanol–water partition coefficient (Wildman–Crippen LogP) is 13.2. The fourth-order valence-electron chi connectivity index (χ4n) is 7.97. The number of rotatable bonds is 4. The first-order chi connectivity index (χ1) is 24.8. The largest absolute Gasteiger partial charge is 0.456 e. The third kappa shape index (κ3) is 3.87. The van der Waals surface area contributed by atoms with Gasteiger partial charge in [-0.1, -0.05) is 97.1 Å². The zero-order chi connectivity index (χ0) is 32.8. The van der Waals surface area contributed by atoms with Crippen molar-refractivity contribution in [1.82, 2.24) is 4.57 Å². The molecule has 3 aromatic heterocycles. The molecule has 4 heteroatoms. The van der Waals surface area contributed by atoms with Crippen LogP contribution in [-0.4, -0.2) is 4.57 Å². The molecule has 0 bridgehead atoms. The van der Waals surface area contributed by atoms with Crippen molar-refractivity contribution in [2.24, 2.45) is 0 Å². The van der Waals surface area contributed by atoms with E-state index in [1.807, 2.05) is 12.1 Å². The molecule has 50 heavy (non-hydrogen) atoms. The van der Waals surface area contributed by atoms with Crippen LogP contribution in [0.3, 0.4) is 0 Å². The van der Waals surface area contributed by atoms with Gasteiger partial charge in [0.05, 0.1) is 22.1 Å². The standard InChI is InChI=1S/C46H28N2O2/c1-2-14-33-29(11-1)23-25-37-45-41(20-10-22-44(45)50-46(33)37)47(32-24-26-43-38(28-32)36-17-5-8-21-42(36)49-43)30-12-9-13-31(27-30)48-39-18-6-3-15-34(39)35-16-4-7-19-40(35)48/h1-28H. The predicted molar refractivity (Wildman–Crippen MR) is 208 cm³/mol.